The van der Waals surface area contributed by atoms with Crippen LogP contribution in [-0.2, 0) is 13.5 Å². The Balaban J connectivity index is 1.47. The fraction of sp³-hybridized carbons (Fsp3) is 0.0769. The number of hydrogen-bond acceptors (Lipinski definition) is 0. The molecule has 28 heavy (non-hydrogen) atoms. The van der Waals surface area contributed by atoms with E-state index < -0.39 is 0 Å². The van der Waals surface area contributed by atoms with Crippen LogP contribution in [0, 0.1) is 0 Å². The Hall–Kier alpha value is -3.52. The van der Waals surface area contributed by atoms with Gasteiger partial charge in [0.25, 0.3) is 0 Å². The van der Waals surface area contributed by atoms with Gasteiger partial charge in [-0.3, -0.25) is 0 Å². The van der Waals surface area contributed by atoms with Gasteiger partial charge in [0, 0.05) is 50.7 Å². The molecule has 0 saturated heterocycles. The minimum atomic E-state index is 0.939. The van der Waals surface area contributed by atoms with E-state index in [0.29, 0.717) is 0 Å². The number of fused-ring (bicyclic) bond motifs is 6. The van der Waals surface area contributed by atoms with E-state index in [-0.39, 0.29) is 0 Å². The second-order valence-corrected chi connectivity index (χ2v) is 7.65. The number of aryl methyl sites for hydroxylation is 1. The van der Waals surface area contributed by atoms with Gasteiger partial charge in [0.1, 0.15) is 0 Å². The predicted molar refractivity (Wildman–Crippen MR) is 119 cm³/mol. The first-order valence-electron chi connectivity index (χ1n) is 9.73. The third-order valence-corrected chi connectivity index (χ3v) is 5.96. The topological polar surface area (TPSA) is 20.7 Å². The molecule has 0 aliphatic rings. The highest BCUT2D eigenvalue weighted by Gasteiger charge is 2.09. The van der Waals surface area contributed by atoms with Gasteiger partial charge in [-0.1, -0.05) is 48.5 Å². The number of nitrogens with one attached hydrogen (secondary N) is 1. The lowest BCUT2D eigenvalue weighted by molar-refractivity contribution is 1.01. The number of rotatable bonds is 2. The van der Waals surface area contributed by atoms with Crippen molar-refractivity contribution in [3.8, 4) is 0 Å². The van der Waals surface area contributed by atoms with Crippen molar-refractivity contribution in [1.82, 2.24) is 9.55 Å². The number of nitrogens with zero attached hydrogens (tertiary/aromatic N) is 1. The zero-order valence-corrected chi connectivity index (χ0v) is 15.7. The molecule has 4 aromatic carbocycles. The van der Waals surface area contributed by atoms with Crippen molar-refractivity contribution in [2.45, 2.75) is 6.42 Å². The van der Waals surface area contributed by atoms with Crippen LogP contribution in [-0.4, -0.2) is 9.55 Å². The van der Waals surface area contributed by atoms with Gasteiger partial charge in [-0.05, 0) is 53.9 Å². The number of aromatic nitrogens is 2. The van der Waals surface area contributed by atoms with Gasteiger partial charge in [-0.25, -0.2) is 0 Å². The molecule has 2 aromatic heterocycles. The van der Waals surface area contributed by atoms with E-state index in [2.05, 4.69) is 102 Å². The zero-order valence-electron chi connectivity index (χ0n) is 15.7. The van der Waals surface area contributed by atoms with Crippen LogP contribution in [0.25, 0.3) is 43.6 Å². The van der Waals surface area contributed by atoms with E-state index in [1.54, 1.807) is 0 Å². The summed E-state index contributed by atoms with van der Waals surface area (Å²) in [6.07, 6.45) is 0.939. The van der Waals surface area contributed by atoms with Crippen LogP contribution < -0.4 is 0 Å². The van der Waals surface area contributed by atoms with Crippen LogP contribution in [0.5, 0.6) is 0 Å². The molecule has 0 unspecified atom stereocenters. The largest absolute Gasteiger partial charge is 0.355 e. The van der Waals surface area contributed by atoms with Crippen molar-refractivity contribution in [2.75, 3.05) is 0 Å². The maximum Gasteiger partial charge on any atom is 0.0488 e. The lowest BCUT2D eigenvalue weighted by Crippen LogP contribution is -1.89. The number of hydrogen-bond donors (Lipinski definition) is 1. The molecule has 0 bridgehead atoms. The molecule has 0 atom stereocenters. The van der Waals surface area contributed by atoms with Gasteiger partial charge in [-0.2, -0.15) is 0 Å². The summed E-state index contributed by atoms with van der Waals surface area (Å²) in [7, 11) is 2.15. The molecule has 2 nitrogen and oxygen atoms in total. The minimum Gasteiger partial charge on any atom is -0.355 e. The van der Waals surface area contributed by atoms with E-state index in [1.165, 1.54) is 54.7 Å². The van der Waals surface area contributed by atoms with Crippen LogP contribution in [0.1, 0.15) is 11.1 Å². The van der Waals surface area contributed by atoms with Crippen molar-refractivity contribution in [1.29, 1.82) is 0 Å². The Bertz CT molecular complexity index is 1500. The van der Waals surface area contributed by atoms with E-state index >= 15 is 0 Å². The third-order valence-electron chi connectivity index (χ3n) is 5.96. The van der Waals surface area contributed by atoms with Gasteiger partial charge >= 0.3 is 0 Å². The molecule has 1 N–H and O–H groups in total. The zero-order chi connectivity index (χ0) is 18.7. The second-order valence-electron chi connectivity index (χ2n) is 7.65. The Morgan fingerprint density at radius 1 is 0.607 bits per heavy atom. The van der Waals surface area contributed by atoms with Crippen LogP contribution in [0.3, 0.4) is 0 Å². The second kappa shape index (κ2) is 5.74. The number of aromatic amines is 1. The molecular weight excluding hydrogens is 340 g/mol. The normalized spacial score (nSPS) is 11.9. The van der Waals surface area contributed by atoms with E-state index in [4.69, 9.17) is 0 Å². The number of benzene rings is 4. The molecule has 0 spiro atoms. The fourth-order valence-corrected chi connectivity index (χ4v) is 4.57. The molecule has 6 aromatic rings. The summed E-state index contributed by atoms with van der Waals surface area (Å²) >= 11 is 0. The Kier molecular flexibility index (Phi) is 3.18. The standard InChI is InChI=1S/C26H20N2/c1-28-25-9-5-3-7-20(25)22-16-18(11-13-26(22)28)14-17-10-12-24-21(15-17)19-6-2-4-8-23(19)27-24/h2-13,15-16,27H,14H2,1H3. The summed E-state index contributed by atoms with van der Waals surface area (Å²) in [4.78, 5) is 3.51. The smallest absolute Gasteiger partial charge is 0.0488 e. The quantitative estimate of drug-likeness (QED) is 0.361. The summed E-state index contributed by atoms with van der Waals surface area (Å²) in [5.41, 5.74) is 7.67. The summed E-state index contributed by atoms with van der Waals surface area (Å²) in [5.74, 6) is 0. The first kappa shape index (κ1) is 15.5. The lowest BCUT2D eigenvalue weighted by atomic mass is 10.0. The first-order valence-corrected chi connectivity index (χ1v) is 9.73. The summed E-state index contributed by atoms with van der Waals surface area (Å²) < 4.78 is 2.28. The predicted octanol–water partition coefficient (Wildman–Crippen LogP) is 6.56. The van der Waals surface area contributed by atoms with Gasteiger partial charge in [0.05, 0.1) is 0 Å². The Morgan fingerprint density at radius 2 is 1.25 bits per heavy atom. The van der Waals surface area contributed by atoms with Gasteiger partial charge in [0.2, 0.25) is 0 Å². The van der Waals surface area contributed by atoms with E-state index in [9.17, 15) is 0 Å². The van der Waals surface area contributed by atoms with Gasteiger partial charge in [0.15, 0.2) is 0 Å². The molecule has 0 saturated carbocycles. The lowest BCUT2D eigenvalue weighted by Gasteiger charge is -2.04. The third kappa shape index (κ3) is 2.21. The van der Waals surface area contributed by atoms with Crippen LogP contribution in [0.4, 0.5) is 0 Å². The number of para-hydroxylation sites is 2. The molecular formula is C26H20N2. The first-order chi connectivity index (χ1) is 13.8. The molecule has 2 heterocycles. The van der Waals surface area contributed by atoms with Crippen molar-refractivity contribution >= 4 is 43.6 Å². The molecule has 2 heteroatoms. The Morgan fingerprint density at radius 3 is 2.14 bits per heavy atom. The maximum atomic E-state index is 3.51. The average molecular weight is 360 g/mol. The monoisotopic (exact) mass is 360 g/mol. The van der Waals surface area contributed by atoms with Crippen LogP contribution >= 0.6 is 0 Å². The highest BCUT2D eigenvalue weighted by atomic mass is 14.9. The maximum absolute atomic E-state index is 3.51. The van der Waals surface area contributed by atoms with Gasteiger partial charge in [-0.15, -0.1) is 0 Å². The fourth-order valence-electron chi connectivity index (χ4n) is 4.57. The summed E-state index contributed by atoms with van der Waals surface area (Å²) in [6.45, 7) is 0. The Labute approximate surface area is 163 Å². The number of H-pyrrole nitrogens is 1. The van der Waals surface area contributed by atoms with Crippen molar-refractivity contribution < 1.29 is 0 Å². The molecule has 134 valence electrons. The van der Waals surface area contributed by atoms with Crippen molar-refractivity contribution in [3.63, 3.8) is 0 Å². The van der Waals surface area contributed by atoms with Crippen LogP contribution in [0.2, 0.25) is 0 Å². The molecule has 0 radical (unpaired) electrons. The SMILES string of the molecule is Cn1c2ccccc2c2cc(Cc3ccc4[nH]c5ccccc5c4c3)ccc21. The highest BCUT2D eigenvalue weighted by Crippen LogP contribution is 2.30. The van der Waals surface area contributed by atoms with Crippen molar-refractivity contribution in [2.24, 2.45) is 7.05 Å². The highest BCUT2D eigenvalue weighted by molar-refractivity contribution is 6.08. The average Bonchev–Trinajstić information content (AvgIpc) is 3.24. The van der Waals surface area contributed by atoms with Crippen molar-refractivity contribution in [3.05, 3.63) is 96.1 Å². The van der Waals surface area contributed by atoms with E-state index in [0.717, 1.165) is 6.42 Å². The summed E-state index contributed by atoms with van der Waals surface area (Å²) in [5, 5.41) is 5.26. The van der Waals surface area contributed by atoms with Gasteiger partial charge < -0.3 is 9.55 Å². The minimum absolute atomic E-state index is 0.939. The molecule has 0 amide bonds. The molecule has 0 aliphatic heterocycles. The molecule has 6 rings (SSSR count). The van der Waals surface area contributed by atoms with E-state index in [1.807, 2.05) is 0 Å². The van der Waals surface area contributed by atoms with Crippen LogP contribution in [0.15, 0.2) is 84.9 Å². The molecule has 0 aliphatic carbocycles. The molecule has 0 fully saturated rings. The summed E-state index contributed by atoms with van der Waals surface area (Å²) in [6, 6.07) is 30.8.